The lowest BCUT2D eigenvalue weighted by molar-refractivity contribution is -0.136. The van der Waals surface area contributed by atoms with Gasteiger partial charge < -0.3 is 10.1 Å². The first kappa shape index (κ1) is 8.80. The van der Waals surface area contributed by atoms with Crippen molar-refractivity contribution < 1.29 is 9.90 Å². The van der Waals surface area contributed by atoms with Gasteiger partial charge in [0.05, 0.1) is 11.4 Å². The van der Waals surface area contributed by atoms with E-state index in [4.69, 9.17) is 16.7 Å². The molecule has 1 aromatic rings. The quantitative estimate of drug-likeness (QED) is 0.715. The van der Waals surface area contributed by atoms with Crippen molar-refractivity contribution in [3.05, 3.63) is 33.2 Å². The summed E-state index contributed by atoms with van der Waals surface area (Å²) in [5.74, 6) is -1.03. The topological polar surface area (TPSA) is 70.2 Å². The lowest BCUT2D eigenvalue weighted by Crippen LogP contribution is -2.11. The van der Waals surface area contributed by atoms with E-state index in [0.717, 1.165) is 0 Å². The van der Waals surface area contributed by atoms with Crippen molar-refractivity contribution >= 4 is 17.6 Å². The molecule has 0 aliphatic heterocycles. The number of carbonyl (C=O) groups is 1. The Morgan fingerprint density at radius 2 is 2.25 bits per heavy atom. The molecule has 2 N–H and O–H groups in total. The van der Waals surface area contributed by atoms with Crippen LogP contribution in [0.4, 0.5) is 0 Å². The number of aromatic amines is 1. The van der Waals surface area contributed by atoms with Crippen LogP contribution in [0.15, 0.2) is 16.9 Å². The molecule has 0 amide bonds. The summed E-state index contributed by atoms with van der Waals surface area (Å²) in [7, 11) is 0. The highest BCUT2D eigenvalue weighted by Gasteiger charge is 2.05. The molecule has 0 saturated carbocycles. The number of aromatic nitrogens is 1. The number of rotatable bonds is 2. The van der Waals surface area contributed by atoms with Gasteiger partial charge >= 0.3 is 5.97 Å². The molecule has 0 aromatic carbocycles. The number of hydrogen-bond donors (Lipinski definition) is 2. The predicted molar refractivity (Wildman–Crippen MR) is 43.4 cm³/mol. The van der Waals surface area contributed by atoms with Crippen molar-refractivity contribution in [3.8, 4) is 0 Å². The van der Waals surface area contributed by atoms with Gasteiger partial charge in [-0.1, -0.05) is 11.6 Å². The maximum absolute atomic E-state index is 10.7. The van der Waals surface area contributed by atoms with Crippen LogP contribution < -0.4 is 5.56 Å². The number of carboxylic acid groups (broad SMARTS) is 1. The van der Waals surface area contributed by atoms with Crippen molar-refractivity contribution in [3.63, 3.8) is 0 Å². The lowest BCUT2D eigenvalue weighted by atomic mass is 10.3. The fourth-order valence-electron chi connectivity index (χ4n) is 0.779. The van der Waals surface area contributed by atoms with Crippen molar-refractivity contribution in [1.29, 1.82) is 0 Å². The SMILES string of the molecule is O=C(O)Cc1[nH]c(=O)ccc1Cl. The Hall–Kier alpha value is -1.29. The summed E-state index contributed by atoms with van der Waals surface area (Å²) in [6.07, 6.45) is -0.269. The monoisotopic (exact) mass is 187 g/mol. The maximum atomic E-state index is 10.7. The molecule has 0 aliphatic carbocycles. The third kappa shape index (κ3) is 2.10. The molecule has 0 radical (unpaired) electrons. The Morgan fingerprint density at radius 3 is 2.83 bits per heavy atom. The van der Waals surface area contributed by atoms with Crippen LogP contribution in [0.3, 0.4) is 0 Å². The summed E-state index contributed by atoms with van der Waals surface area (Å²) < 4.78 is 0. The number of nitrogens with one attached hydrogen (secondary N) is 1. The Kier molecular flexibility index (Phi) is 2.50. The smallest absolute Gasteiger partial charge is 0.309 e. The normalized spacial score (nSPS) is 9.75. The predicted octanol–water partition coefficient (Wildman–Crippen LogP) is 0.655. The first-order chi connectivity index (χ1) is 5.59. The van der Waals surface area contributed by atoms with E-state index in [1.165, 1.54) is 12.1 Å². The van der Waals surface area contributed by atoms with Crippen LogP contribution in [0, 0.1) is 0 Å². The van der Waals surface area contributed by atoms with Crippen LogP contribution in [0.2, 0.25) is 5.02 Å². The van der Waals surface area contributed by atoms with Gasteiger partial charge in [-0.3, -0.25) is 9.59 Å². The van der Waals surface area contributed by atoms with E-state index in [2.05, 4.69) is 4.98 Å². The van der Waals surface area contributed by atoms with Crippen molar-refractivity contribution in [2.45, 2.75) is 6.42 Å². The highest BCUT2D eigenvalue weighted by Crippen LogP contribution is 2.10. The number of carboxylic acids is 1. The van der Waals surface area contributed by atoms with Gasteiger partial charge in [0.15, 0.2) is 0 Å². The van der Waals surface area contributed by atoms with Crippen molar-refractivity contribution in [1.82, 2.24) is 4.98 Å². The third-order valence-electron chi connectivity index (χ3n) is 1.27. The van der Waals surface area contributed by atoms with E-state index in [9.17, 15) is 9.59 Å². The number of pyridine rings is 1. The molecule has 0 bridgehead atoms. The Balaban J connectivity index is 3.05. The van der Waals surface area contributed by atoms with Gasteiger partial charge in [-0.2, -0.15) is 0 Å². The fraction of sp³-hybridized carbons (Fsp3) is 0.143. The number of H-pyrrole nitrogens is 1. The van der Waals surface area contributed by atoms with Gasteiger partial charge in [0, 0.05) is 11.8 Å². The van der Waals surface area contributed by atoms with Gasteiger partial charge in [-0.15, -0.1) is 0 Å². The standard InChI is InChI=1S/C7H6ClNO3/c8-4-1-2-6(10)9-5(4)3-7(11)12/h1-2H,3H2,(H,9,10)(H,11,12). The number of aliphatic carboxylic acids is 1. The third-order valence-corrected chi connectivity index (χ3v) is 1.63. The van der Waals surface area contributed by atoms with Crippen LogP contribution >= 0.6 is 11.6 Å². The van der Waals surface area contributed by atoms with Gasteiger partial charge in [0.2, 0.25) is 5.56 Å². The fourth-order valence-corrected chi connectivity index (χ4v) is 0.956. The van der Waals surface area contributed by atoms with Crippen molar-refractivity contribution in [2.24, 2.45) is 0 Å². The van der Waals surface area contributed by atoms with Crippen LogP contribution in [0.1, 0.15) is 5.69 Å². The molecule has 5 heteroatoms. The lowest BCUT2D eigenvalue weighted by Gasteiger charge is -1.98. The molecule has 12 heavy (non-hydrogen) atoms. The second-order valence-corrected chi connectivity index (χ2v) is 2.63. The second-order valence-electron chi connectivity index (χ2n) is 2.22. The van der Waals surface area contributed by atoms with E-state index in [0.29, 0.717) is 0 Å². The minimum Gasteiger partial charge on any atom is -0.481 e. The molecule has 0 unspecified atom stereocenters. The van der Waals surface area contributed by atoms with Crippen molar-refractivity contribution in [2.75, 3.05) is 0 Å². The molecule has 64 valence electrons. The zero-order chi connectivity index (χ0) is 9.14. The van der Waals surface area contributed by atoms with Crippen LogP contribution in [-0.4, -0.2) is 16.1 Å². The molecule has 0 fully saturated rings. The van der Waals surface area contributed by atoms with Crippen LogP contribution in [0.5, 0.6) is 0 Å². The molecular formula is C7H6ClNO3. The average molecular weight is 188 g/mol. The molecule has 1 heterocycles. The molecule has 0 atom stereocenters. The highest BCUT2D eigenvalue weighted by atomic mass is 35.5. The number of hydrogen-bond acceptors (Lipinski definition) is 2. The van der Waals surface area contributed by atoms with Gasteiger partial charge in [0.1, 0.15) is 0 Å². The Labute approximate surface area is 72.8 Å². The molecule has 4 nitrogen and oxygen atoms in total. The summed E-state index contributed by atoms with van der Waals surface area (Å²) in [4.78, 5) is 23.3. The molecule has 0 saturated heterocycles. The molecular weight excluding hydrogens is 182 g/mol. The summed E-state index contributed by atoms with van der Waals surface area (Å²) in [6.45, 7) is 0. The first-order valence-electron chi connectivity index (χ1n) is 3.19. The second kappa shape index (κ2) is 3.40. The summed E-state index contributed by atoms with van der Waals surface area (Å²) in [6, 6.07) is 2.62. The zero-order valence-electron chi connectivity index (χ0n) is 6.00. The van der Waals surface area contributed by atoms with Crippen LogP contribution in [0.25, 0.3) is 0 Å². The molecule has 0 spiro atoms. The average Bonchev–Trinajstić information content (AvgIpc) is 1.96. The largest absolute Gasteiger partial charge is 0.481 e. The first-order valence-corrected chi connectivity index (χ1v) is 3.57. The van der Waals surface area contributed by atoms with Gasteiger partial charge in [-0.25, -0.2) is 0 Å². The summed E-state index contributed by atoms with van der Waals surface area (Å²) in [5.41, 5.74) is -0.118. The Bertz CT molecular complexity index is 358. The molecule has 0 aliphatic rings. The van der Waals surface area contributed by atoms with E-state index in [1.807, 2.05) is 0 Å². The van der Waals surface area contributed by atoms with Gasteiger partial charge in [-0.05, 0) is 6.07 Å². The van der Waals surface area contributed by atoms with Gasteiger partial charge in [0.25, 0.3) is 0 Å². The summed E-state index contributed by atoms with van der Waals surface area (Å²) >= 11 is 5.61. The minimum atomic E-state index is -1.03. The highest BCUT2D eigenvalue weighted by molar-refractivity contribution is 6.31. The van der Waals surface area contributed by atoms with E-state index in [1.54, 1.807) is 0 Å². The molecule has 1 rings (SSSR count). The van der Waals surface area contributed by atoms with Crippen LogP contribution in [-0.2, 0) is 11.2 Å². The Morgan fingerprint density at radius 1 is 1.58 bits per heavy atom. The maximum Gasteiger partial charge on any atom is 0.309 e. The summed E-state index contributed by atoms with van der Waals surface area (Å²) in [5, 5.41) is 8.66. The zero-order valence-corrected chi connectivity index (χ0v) is 6.76. The van der Waals surface area contributed by atoms with E-state index in [-0.39, 0.29) is 22.7 Å². The number of halogens is 1. The molecule has 1 aromatic heterocycles. The van der Waals surface area contributed by atoms with E-state index < -0.39 is 5.97 Å². The van der Waals surface area contributed by atoms with E-state index >= 15 is 0 Å². The minimum absolute atomic E-state index is 0.233.